The van der Waals surface area contributed by atoms with Gasteiger partial charge in [0, 0.05) is 19.8 Å². The summed E-state index contributed by atoms with van der Waals surface area (Å²) in [6, 6.07) is 0. The molecule has 0 saturated carbocycles. The standard InChI is InChI=1S/Ga.H2O4S/c;1-5(2,3)4/h;(H2,1,2,3,4). The van der Waals surface area contributed by atoms with E-state index in [9.17, 15) is 0 Å². The minimum absolute atomic E-state index is 0. The summed E-state index contributed by atoms with van der Waals surface area (Å²) in [7, 11) is -4.67. The molecule has 0 rings (SSSR count). The molecule has 0 atom stereocenters. The zero-order valence-electron chi connectivity index (χ0n) is 2.70. The van der Waals surface area contributed by atoms with Crippen molar-refractivity contribution in [2.24, 2.45) is 0 Å². The molecule has 0 spiro atoms. The van der Waals surface area contributed by atoms with Gasteiger partial charge in [-0.3, -0.25) is 9.11 Å². The fourth-order valence-corrected chi connectivity index (χ4v) is 0. The minimum Gasteiger partial charge on any atom is -0.264 e. The number of rotatable bonds is 0. The molecule has 0 aliphatic heterocycles. The molecule has 0 fully saturated rings. The number of hydrogen-bond acceptors (Lipinski definition) is 2. The summed E-state index contributed by atoms with van der Waals surface area (Å²) in [6.45, 7) is 0. The van der Waals surface area contributed by atoms with Crippen LogP contribution < -0.4 is 0 Å². The second-order valence-electron chi connectivity index (χ2n) is 0.448. The van der Waals surface area contributed by atoms with E-state index in [4.69, 9.17) is 17.5 Å². The Morgan fingerprint density at radius 3 is 1.17 bits per heavy atom. The second-order valence-corrected chi connectivity index (χ2v) is 1.34. The molecule has 0 aliphatic rings. The van der Waals surface area contributed by atoms with E-state index < -0.39 is 10.4 Å². The van der Waals surface area contributed by atoms with E-state index in [0.717, 1.165) is 0 Å². The van der Waals surface area contributed by atoms with E-state index in [2.05, 4.69) is 0 Å². The maximum Gasteiger partial charge on any atom is 0.394 e. The fraction of sp³-hybridized carbons (Fsp3) is 0. The van der Waals surface area contributed by atoms with Crippen LogP contribution >= 0.6 is 0 Å². The minimum atomic E-state index is -4.67. The van der Waals surface area contributed by atoms with Gasteiger partial charge in [-0.25, -0.2) is 0 Å². The maximum absolute atomic E-state index is 8.74. The molecule has 0 unspecified atom stereocenters. The smallest absolute Gasteiger partial charge is 0.264 e. The summed E-state index contributed by atoms with van der Waals surface area (Å²) in [5.74, 6) is 0. The van der Waals surface area contributed by atoms with E-state index in [1.165, 1.54) is 0 Å². The molecule has 0 saturated heterocycles. The molecule has 2 N–H and O–H groups in total. The van der Waals surface area contributed by atoms with Crippen LogP contribution in [-0.4, -0.2) is 37.3 Å². The Morgan fingerprint density at radius 2 is 1.17 bits per heavy atom. The molecule has 4 nitrogen and oxygen atoms in total. The summed E-state index contributed by atoms with van der Waals surface area (Å²) in [6.07, 6.45) is 0. The van der Waals surface area contributed by atoms with Crippen molar-refractivity contribution in [1.29, 1.82) is 0 Å². The van der Waals surface area contributed by atoms with E-state index in [1.54, 1.807) is 0 Å². The first-order chi connectivity index (χ1) is 2.00. The SMILES string of the molecule is O=S(=O)(O)O.[Ga]. The third-order valence-electron chi connectivity index (χ3n) is 0. The summed E-state index contributed by atoms with van der Waals surface area (Å²) in [5, 5.41) is 0. The van der Waals surface area contributed by atoms with E-state index in [-0.39, 0.29) is 19.8 Å². The van der Waals surface area contributed by atoms with Gasteiger partial charge in [-0.05, 0) is 0 Å². The van der Waals surface area contributed by atoms with Crippen LogP contribution in [0.15, 0.2) is 0 Å². The molecule has 0 amide bonds. The quantitative estimate of drug-likeness (QED) is 0.358. The average Bonchev–Trinajstić information content (AvgIpc) is 0.722. The van der Waals surface area contributed by atoms with Crippen molar-refractivity contribution in [3.63, 3.8) is 0 Å². The summed E-state index contributed by atoms with van der Waals surface area (Å²) in [4.78, 5) is 0. The van der Waals surface area contributed by atoms with Gasteiger partial charge < -0.3 is 0 Å². The molecule has 35 valence electrons. The average molecular weight is 168 g/mol. The molecular formula is H2GaO4S. The summed E-state index contributed by atoms with van der Waals surface area (Å²) >= 11 is 0. The van der Waals surface area contributed by atoms with Crippen molar-refractivity contribution in [3.05, 3.63) is 0 Å². The van der Waals surface area contributed by atoms with Crippen LogP contribution in [0.4, 0.5) is 0 Å². The van der Waals surface area contributed by atoms with Crippen LogP contribution in [0.5, 0.6) is 0 Å². The monoisotopic (exact) mass is 167 g/mol. The zero-order valence-corrected chi connectivity index (χ0v) is 5.94. The van der Waals surface area contributed by atoms with Gasteiger partial charge in [-0.15, -0.1) is 0 Å². The Balaban J connectivity index is 0. The Kier molecular flexibility index (Phi) is 4.28. The third-order valence-corrected chi connectivity index (χ3v) is 0. The largest absolute Gasteiger partial charge is 0.394 e. The van der Waals surface area contributed by atoms with E-state index in [1.807, 2.05) is 0 Å². The van der Waals surface area contributed by atoms with Crippen molar-refractivity contribution in [2.75, 3.05) is 0 Å². The summed E-state index contributed by atoms with van der Waals surface area (Å²) in [5.41, 5.74) is 0. The van der Waals surface area contributed by atoms with Gasteiger partial charge in [0.25, 0.3) is 0 Å². The second kappa shape index (κ2) is 2.64. The summed E-state index contributed by atoms with van der Waals surface area (Å²) < 4.78 is 31.6. The van der Waals surface area contributed by atoms with Gasteiger partial charge in [0.15, 0.2) is 0 Å². The van der Waals surface area contributed by atoms with Gasteiger partial charge in [0.05, 0.1) is 0 Å². The normalized spacial score (nSPS) is 9.67. The van der Waals surface area contributed by atoms with Gasteiger partial charge in [-0.1, -0.05) is 0 Å². The Hall–Kier alpha value is 0.506. The molecule has 3 radical (unpaired) electrons. The predicted octanol–water partition coefficient (Wildman–Crippen LogP) is -1.03. The van der Waals surface area contributed by atoms with Crippen LogP contribution in [-0.2, 0) is 10.4 Å². The Labute approximate surface area is 48.2 Å². The first-order valence-electron chi connectivity index (χ1n) is 0.698. The van der Waals surface area contributed by atoms with Crippen LogP contribution in [0.1, 0.15) is 0 Å². The van der Waals surface area contributed by atoms with Crippen molar-refractivity contribution in [3.8, 4) is 0 Å². The van der Waals surface area contributed by atoms with Gasteiger partial charge >= 0.3 is 10.4 Å². The molecule has 6 heteroatoms. The van der Waals surface area contributed by atoms with E-state index in [0.29, 0.717) is 0 Å². The predicted molar refractivity (Wildman–Crippen MR) is 19.9 cm³/mol. The first-order valence-corrected chi connectivity index (χ1v) is 2.10. The molecule has 0 aliphatic carbocycles. The Morgan fingerprint density at radius 1 is 1.17 bits per heavy atom. The topological polar surface area (TPSA) is 74.6 Å². The van der Waals surface area contributed by atoms with Crippen LogP contribution in [0.25, 0.3) is 0 Å². The maximum atomic E-state index is 8.74. The Bertz CT molecular complexity index is 90.7. The first kappa shape index (κ1) is 9.71. The molecule has 0 heterocycles. The molecule has 6 heavy (non-hydrogen) atoms. The van der Waals surface area contributed by atoms with Crippen LogP contribution in [0, 0.1) is 0 Å². The van der Waals surface area contributed by atoms with Crippen LogP contribution in [0.3, 0.4) is 0 Å². The molecule has 0 aromatic rings. The van der Waals surface area contributed by atoms with Crippen molar-refractivity contribution in [2.45, 2.75) is 0 Å². The third kappa shape index (κ3) is 216. The van der Waals surface area contributed by atoms with Crippen molar-refractivity contribution < 1.29 is 17.5 Å². The van der Waals surface area contributed by atoms with Gasteiger partial charge in [0.1, 0.15) is 0 Å². The molecule has 0 aromatic heterocycles. The molecule has 0 aromatic carbocycles. The van der Waals surface area contributed by atoms with Crippen molar-refractivity contribution in [1.82, 2.24) is 0 Å². The van der Waals surface area contributed by atoms with Gasteiger partial charge in [-0.2, -0.15) is 8.42 Å². The van der Waals surface area contributed by atoms with E-state index >= 15 is 0 Å². The molecular weight excluding hydrogens is 166 g/mol. The number of hydrogen-bond donors (Lipinski definition) is 2. The molecule has 0 bridgehead atoms. The van der Waals surface area contributed by atoms with Gasteiger partial charge in [0.2, 0.25) is 0 Å². The van der Waals surface area contributed by atoms with Crippen molar-refractivity contribution >= 4 is 30.2 Å². The van der Waals surface area contributed by atoms with Crippen LogP contribution in [0.2, 0.25) is 0 Å². The fourth-order valence-electron chi connectivity index (χ4n) is 0. The zero-order chi connectivity index (χ0) is 4.50.